The minimum absolute atomic E-state index is 0.136. The van der Waals surface area contributed by atoms with Crippen LogP contribution in [0.4, 0.5) is 11.4 Å². The molecule has 0 aliphatic carbocycles. The number of amides is 1. The minimum atomic E-state index is 0.136. The Morgan fingerprint density at radius 1 is 1.05 bits per heavy atom. The molecule has 0 saturated heterocycles. The molecule has 1 amide bonds. The highest BCUT2D eigenvalue weighted by Crippen LogP contribution is 2.29. The molecule has 1 aliphatic heterocycles. The average Bonchev–Trinajstić information content (AvgIpc) is 2.50. The van der Waals surface area contributed by atoms with Crippen molar-refractivity contribution in [3.8, 4) is 0 Å². The first-order valence-corrected chi connectivity index (χ1v) is 7.64. The van der Waals surface area contributed by atoms with Crippen molar-refractivity contribution >= 4 is 29.0 Å². The Morgan fingerprint density at radius 3 is 2.65 bits per heavy atom. The van der Waals surface area contributed by atoms with Crippen molar-refractivity contribution < 1.29 is 4.79 Å². The van der Waals surface area contributed by atoms with Crippen LogP contribution in [0.5, 0.6) is 0 Å². The number of nitrogens with zero attached hydrogens (tertiary/aromatic N) is 1. The molecule has 1 N–H and O–H groups in total. The molecule has 0 atom stereocenters. The number of thioether (sulfide) groups is 1. The number of para-hydroxylation sites is 2. The van der Waals surface area contributed by atoms with E-state index in [4.69, 9.17) is 0 Å². The second-order valence-corrected chi connectivity index (χ2v) is 5.75. The van der Waals surface area contributed by atoms with Gasteiger partial charge in [-0.2, -0.15) is 0 Å². The van der Waals surface area contributed by atoms with E-state index in [9.17, 15) is 4.79 Å². The Balaban J connectivity index is 1.66. The zero-order valence-corrected chi connectivity index (χ0v) is 11.9. The van der Waals surface area contributed by atoms with Crippen molar-refractivity contribution in [2.24, 2.45) is 0 Å². The van der Waals surface area contributed by atoms with E-state index in [1.807, 2.05) is 47.4 Å². The molecule has 0 unspecified atom stereocenters. The predicted molar refractivity (Wildman–Crippen MR) is 84.5 cm³/mol. The Bertz CT molecular complexity index is 600. The predicted octanol–water partition coefficient (Wildman–Crippen LogP) is 3.24. The zero-order chi connectivity index (χ0) is 13.8. The largest absolute Gasteiger partial charge is 0.374 e. The van der Waals surface area contributed by atoms with E-state index in [-0.39, 0.29) is 5.91 Å². The molecule has 20 heavy (non-hydrogen) atoms. The number of benzene rings is 2. The van der Waals surface area contributed by atoms with Crippen molar-refractivity contribution in [3.05, 3.63) is 54.6 Å². The van der Waals surface area contributed by atoms with Crippen molar-refractivity contribution in [2.75, 3.05) is 29.1 Å². The summed E-state index contributed by atoms with van der Waals surface area (Å²) in [4.78, 5) is 15.2. The van der Waals surface area contributed by atoms with Crippen LogP contribution >= 0.6 is 11.8 Å². The lowest BCUT2D eigenvalue weighted by atomic mass is 10.2. The number of hydrogen-bond donors (Lipinski definition) is 1. The van der Waals surface area contributed by atoms with Crippen LogP contribution in [0, 0.1) is 0 Å². The molecule has 0 bridgehead atoms. The lowest BCUT2D eigenvalue weighted by Gasteiger charge is -2.30. The van der Waals surface area contributed by atoms with Crippen LogP contribution in [0.15, 0.2) is 59.5 Å². The van der Waals surface area contributed by atoms with Crippen LogP contribution in [0.3, 0.4) is 0 Å². The van der Waals surface area contributed by atoms with Gasteiger partial charge in [0.05, 0.1) is 17.9 Å². The van der Waals surface area contributed by atoms with Gasteiger partial charge in [-0.3, -0.25) is 4.79 Å². The van der Waals surface area contributed by atoms with E-state index in [1.54, 1.807) is 11.8 Å². The summed E-state index contributed by atoms with van der Waals surface area (Å²) in [6.45, 7) is 1.12. The molecule has 0 fully saturated rings. The van der Waals surface area contributed by atoms with Gasteiger partial charge in [-0.25, -0.2) is 0 Å². The molecule has 0 saturated carbocycles. The molecule has 0 spiro atoms. The first-order valence-electron chi connectivity index (χ1n) is 6.66. The fourth-order valence-corrected chi connectivity index (χ4v) is 3.13. The minimum Gasteiger partial charge on any atom is -0.374 e. The van der Waals surface area contributed by atoms with E-state index >= 15 is 0 Å². The van der Waals surface area contributed by atoms with Gasteiger partial charge in [0.1, 0.15) is 0 Å². The molecule has 2 aromatic rings. The number of carbonyl (C=O) groups is 1. The quantitative estimate of drug-likeness (QED) is 0.875. The standard InChI is InChI=1S/C16H16N2OS/c19-16-12-17-14-8-4-5-9-15(14)18(16)10-11-20-13-6-2-1-3-7-13/h1-9,17H,10-12H2. The summed E-state index contributed by atoms with van der Waals surface area (Å²) in [5.41, 5.74) is 2.02. The van der Waals surface area contributed by atoms with Gasteiger partial charge >= 0.3 is 0 Å². The van der Waals surface area contributed by atoms with E-state index < -0.39 is 0 Å². The van der Waals surface area contributed by atoms with Gasteiger partial charge in [0, 0.05) is 17.2 Å². The number of fused-ring (bicyclic) bond motifs is 1. The number of hydrogen-bond acceptors (Lipinski definition) is 3. The second-order valence-electron chi connectivity index (χ2n) is 4.58. The monoisotopic (exact) mass is 284 g/mol. The maximum absolute atomic E-state index is 12.1. The Hall–Kier alpha value is -1.94. The fourth-order valence-electron chi connectivity index (χ4n) is 2.28. The molecule has 102 valence electrons. The first-order chi connectivity index (χ1) is 9.84. The summed E-state index contributed by atoms with van der Waals surface area (Å²) in [6.07, 6.45) is 0. The summed E-state index contributed by atoms with van der Waals surface area (Å²) in [5.74, 6) is 1.03. The molecule has 1 aliphatic rings. The highest BCUT2D eigenvalue weighted by molar-refractivity contribution is 7.99. The molecule has 4 heteroatoms. The third-order valence-electron chi connectivity index (χ3n) is 3.25. The maximum atomic E-state index is 12.1. The highest BCUT2D eigenvalue weighted by atomic mass is 32.2. The molecule has 0 radical (unpaired) electrons. The molecule has 2 aromatic carbocycles. The van der Waals surface area contributed by atoms with Crippen LogP contribution in [0.25, 0.3) is 0 Å². The molecule has 3 nitrogen and oxygen atoms in total. The van der Waals surface area contributed by atoms with Gasteiger partial charge in [0.25, 0.3) is 0 Å². The van der Waals surface area contributed by atoms with Gasteiger partial charge < -0.3 is 10.2 Å². The maximum Gasteiger partial charge on any atom is 0.246 e. The third-order valence-corrected chi connectivity index (χ3v) is 4.24. The molecule has 1 heterocycles. The van der Waals surface area contributed by atoms with Gasteiger partial charge in [-0.05, 0) is 24.3 Å². The second kappa shape index (κ2) is 6.01. The summed E-state index contributed by atoms with van der Waals surface area (Å²) >= 11 is 1.78. The molecule has 3 rings (SSSR count). The van der Waals surface area contributed by atoms with E-state index in [2.05, 4.69) is 17.4 Å². The van der Waals surface area contributed by atoms with Crippen LogP contribution in [-0.4, -0.2) is 24.7 Å². The summed E-state index contributed by atoms with van der Waals surface area (Å²) in [6, 6.07) is 18.2. The lowest BCUT2D eigenvalue weighted by molar-refractivity contribution is -0.117. The number of anilines is 2. The Labute approximate surface area is 123 Å². The summed E-state index contributed by atoms with van der Waals surface area (Å²) in [7, 11) is 0. The van der Waals surface area contributed by atoms with Gasteiger partial charge in [0.15, 0.2) is 0 Å². The SMILES string of the molecule is O=C1CNc2ccccc2N1CCSc1ccccc1. The summed E-state index contributed by atoms with van der Waals surface area (Å²) < 4.78 is 0. The number of carbonyl (C=O) groups excluding carboxylic acids is 1. The summed E-state index contributed by atoms with van der Waals surface area (Å²) in [5, 5.41) is 3.15. The van der Waals surface area contributed by atoms with Crippen LogP contribution < -0.4 is 10.2 Å². The van der Waals surface area contributed by atoms with Crippen molar-refractivity contribution in [1.29, 1.82) is 0 Å². The third kappa shape index (κ3) is 2.80. The Kier molecular flexibility index (Phi) is 3.92. The van der Waals surface area contributed by atoms with Gasteiger partial charge in [0.2, 0.25) is 5.91 Å². The smallest absolute Gasteiger partial charge is 0.246 e. The molecular formula is C16H16N2OS. The fraction of sp³-hybridized carbons (Fsp3) is 0.188. The lowest BCUT2D eigenvalue weighted by Crippen LogP contribution is -2.41. The average molecular weight is 284 g/mol. The molecule has 0 aromatic heterocycles. The molecular weight excluding hydrogens is 268 g/mol. The van der Waals surface area contributed by atoms with E-state index in [0.717, 1.165) is 23.7 Å². The van der Waals surface area contributed by atoms with E-state index in [0.29, 0.717) is 6.54 Å². The van der Waals surface area contributed by atoms with E-state index in [1.165, 1.54) is 4.90 Å². The van der Waals surface area contributed by atoms with Crippen molar-refractivity contribution in [2.45, 2.75) is 4.90 Å². The normalized spacial score (nSPS) is 13.8. The van der Waals surface area contributed by atoms with Crippen LogP contribution in [-0.2, 0) is 4.79 Å². The van der Waals surface area contributed by atoms with Crippen molar-refractivity contribution in [1.82, 2.24) is 0 Å². The highest BCUT2D eigenvalue weighted by Gasteiger charge is 2.22. The zero-order valence-electron chi connectivity index (χ0n) is 11.1. The van der Waals surface area contributed by atoms with Gasteiger partial charge in [-0.1, -0.05) is 30.3 Å². The van der Waals surface area contributed by atoms with Gasteiger partial charge in [-0.15, -0.1) is 11.8 Å². The van der Waals surface area contributed by atoms with Crippen LogP contribution in [0.1, 0.15) is 0 Å². The van der Waals surface area contributed by atoms with Crippen molar-refractivity contribution in [3.63, 3.8) is 0 Å². The Morgan fingerprint density at radius 2 is 1.80 bits per heavy atom. The van der Waals surface area contributed by atoms with Crippen LogP contribution in [0.2, 0.25) is 0 Å². The first kappa shape index (κ1) is 13.1. The number of nitrogens with one attached hydrogen (secondary N) is 1. The number of rotatable bonds is 4. The topological polar surface area (TPSA) is 32.3 Å².